The molecular weight excluding hydrogens is 238 g/mol. The molecule has 1 aromatic carbocycles. The fourth-order valence-electron chi connectivity index (χ4n) is 2.33. The monoisotopic (exact) mass is 257 g/mol. The van der Waals surface area contributed by atoms with E-state index in [4.69, 9.17) is 5.73 Å². The maximum atomic E-state index is 11.9. The van der Waals surface area contributed by atoms with Gasteiger partial charge in [0.2, 0.25) is 5.91 Å². The first-order valence-electron chi connectivity index (χ1n) is 6.82. The van der Waals surface area contributed by atoms with Gasteiger partial charge in [0.1, 0.15) is 0 Å². The summed E-state index contributed by atoms with van der Waals surface area (Å²) in [6, 6.07) is 7.59. The van der Waals surface area contributed by atoms with Crippen LogP contribution in [-0.4, -0.2) is 23.5 Å². The van der Waals surface area contributed by atoms with E-state index in [1.807, 2.05) is 24.4 Å². The largest absolute Gasteiger partial charge is 0.361 e. The van der Waals surface area contributed by atoms with E-state index >= 15 is 0 Å². The zero-order valence-electron chi connectivity index (χ0n) is 10.9. The maximum Gasteiger partial charge on any atom is 0.237 e. The normalized spacial score (nSPS) is 16.5. The standard InChI is InChI=1S/C15H19N3O/c16-13(15(19)18-8-10-5-6-10)7-11-9-17-14-4-2-1-3-12(11)14/h1-4,9-10,13,17H,5-8,16H2,(H,18,19)/t13-/m0/s1. The number of amides is 1. The topological polar surface area (TPSA) is 70.9 Å². The van der Waals surface area contributed by atoms with Gasteiger partial charge >= 0.3 is 0 Å². The molecule has 1 aliphatic rings. The molecule has 2 aromatic rings. The van der Waals surface area contributed by atoms with Gasteiger partial charge in [-0.25, -0.2) is 0 Å². The average Bonchev–Trinajstić information content (AvgIpc) is 3.18. The number of H-pyrrole nitrogens is 1. The molecule has 4 nitrogen and oxygen atoms in total. The zero-order valence-corrected chi connectivity index (χ0v) is 10.9. The van der Waals surface area contributed by atoms with Crippen molar-refractivity contribution in [3.63, 3.8) is 0 Å². The lowest BCUT2D eigenvalue weighted by molar-refractivity contribution is -0.122. The van der Waals surface area contributed by atoms with Gasteiger partial charge < -0.3 is 16.0 Å². The molecule has 0 unspecified atom stereocenters. The van der Waals surface area contributed by atoms with E-state index in [0.717, 1.165) is 23.0 Å². The van der Waals surface area contributed by atoms with Crippen LogP contribution in [0.25, 0.3) is 10.9 Å². The predicted molar refractivity (Wildman–Crippen MR) is 75.7 cm³/mol. The van der Waals surface area contributed by atoms with Crippen LogP contribution >= 0.6 is 0 Å². The minimum atomic E-state index is -0.474. The van der Waals surface area contributed by atoms with E-state index in [1.165, 1.54) is 12.8 Å². The Bertz CT molecular complexity index is 586. The lowest BCUT2D eigenvalue weighted by atomic mass is 10.1. The summed E-state index contributed by atoms with van der Waals surface area (Å²) in [6.07, 6.45) is 4.98. The van der Waals surface area contributed by atoms with Crippen LogP contribution in [0.1, 0.15) is 18.4 Å². The maximum absolute atomic E-state index is 11.9. The van der Waals surface area contributed by atoms with Crippen LogP contribution in [0.4, 0.5) is 0 Å². The molecule has 0 saturated heterocycles. The molecule has 19 heavy (non-hydrogen) atoms. The quantitative estimate of drug-likeness (QED) is 0.760. The molecule has 0 bridgehead atoms. The highest BCUT2D eigenvalue weighted by Gasteiger charge is 2.23. The number of nitrogens with one attached hydrogen (secondary N) is 2. The summed E-state index contributed by atoms with van der Waals surface area (Å²) in [5, 5.41) is 4.08. The van der Waals surface area contributed by atoms with Gasteiger partial charge in [-0.2, -0.15) is 0 Å². The number of fused-ring (bicyclic) bond motifs is 1. The highest BCUT2D eigenvalue weighted by molar-refractivity contribution is 5.86. The van der Waals surface area contributed by atoms with Crippen molar-refractivity contribution in [2.75, 3.05) is 6.54 Å². The lowest BCUT2D eigenvalue weighted by Gasteiger charge is -2.11. The van der Waals surface area contributed by atoms with E-state index in [2.05, 4.69) is 16.4 Å². The minimum absolute atomic E-state index is 0.0443. The van der Waals surface area contributed by atoms with Crippen molar-refractivity contribution >= 4 is 16.8 Å². The molecule has 100 valence electrons. The number of carbonyl (C=O) groups is 1. The van der Waals surface area contributed by atoms with Crippen LogP contribution in [0.3, 0.4) is 0 Å². The fraction of sp³-hybridized carbons (Fsp3) is 0.400. The van der Waals surface area contributed by atoms with Crippen molar-refractivity contribution in [2.45, 2.75) is 25.3 Å². The Labute approximate surface area is 112 Å². The Kier molecular flexibility index (Phi) is 3.25. The van der Waals surface area contributed by atoms with Gasteiger partial charge in [0.05, 0.1) is 6.04 Å². The molecule has 3 rings (SSSR count). The van der Waals surface area contributed by atoms with E-state index in [9.17, 15) is 4.79 Å². The molecule has 1 heterocycles. The van der Waals surface area contributed by atoms with Crippen molar-refractivity contribution in [3.8, 4) is 0 Å². The van der Waals surface area contributed by atoms with Crippen molar-refractivity contribution in [2.24, 2.45) is 11.7 Å². The first-order chi connectivity index (χ1) is 9.24. The molecule has 1 aromatic heterocycles. The number of benzene rings is 1. The number of carbonyl (C=O) groups excluding carboxylic acids is 1. The second-order valence-corrected chi connectivity index (χ2v) is 5.36. The molecule has 0 spiro atoms. The average molecular weight is 257 g/mol. The molecule has 1 aliphatic carbocycles. The second kappa shape index (κ2) is 5.05. The number of aromatic nitrogens is 1. The van der Waals surface area contributed by atoms with Gasteiger partial charge in [-0.05, 0) is 36.8 Å². The van der Waals surface area contributed by atoms with Crippen LogP contribution < -0.4 is 11.1 Å². The molecule has 1 fully saturated rings. The number of hydrogen-bond acceptors (Lipinski definition) is 2. The van der Waals surface area contributed by atoms with Crippen LogP contribution in [0.2, 0.25) is 0 Å². The van der Waals surface area contributed by atoms with E-state index in [-0.39, 0.29) is 5.91 Å². The van der Waals surface area contributed by atoms with Crippen molar-refractivity contribution in [1.29, 1.82) is 0 Å². The molecule has 1 atom stereocenters. The van der Waals surface area contributed by atoms with Crippen molar-refractivity contribution in [3.05, 3.63) is 36.0 Å². The number of aromatic amines is 1. The smallest absolute Gasteiger partial charge is 0.237 e. The first-order valence-corrected chi connectivity index (χ1v) is 6.82. The molecule has 4 heteroatoms. The summed E-state index contributed by atoms with van der Waals surface area (Å²) < 4.78 is 0. The van der Waals surface area contributed by atoms with Crippen LogP contribution in [0.5, 0.6) is 0 Å². The molecule has 1 amide bonds. The third-order valence-electron chi connectivity index (χ3n) is 3.71. The Morgan fingerprint density at radius 3 is 3.00 bits per heavy atom. The second-order valence-electron chi connectivity index (χ2n) is 5.36. The van der Waals surface area contributed by atoms with E-state index in [1.54, 1.807) is 0 Å². The van der Waals surface area contributed by atoms with Gasteiger partial charge in [-0.15, -0.1) is 0 Å². The molecule has 0 radical (unpaired) electrons. The van der Waals surface area contributed by atoms with Crippen LogP contribution in [0.15, 0.2) is 30.5 Å². The van der Waals surface area contributed by atoms with Crippen LogP contribution in [0, 0.1) is 5.92 Å². The Morgan fingerprint density at radius 2 is 2.21 bits per heavy atom. The zero-order chi connectivity index (χ0) is 13.2. The fourth-order valence-corrected chi connectivity index (χ4v) is 2.33. The van der Waals surface area contributed by atoms with E-state index < -0.39 is 6.04 Å². The number of hydrogen-bond donors (Lipinski definition) is 3. The van der Waals surface area contributed by atoms with E-state index in [0.29, 0.717) is 12.3 Å². The Hall–Kier alpha value is -1.81. The van der Waals surface area contributed by atoms with Crippen molar-refractivity contribution in [1.82, 2.24) is 10.3 Å². The van der Waals surface area contributed by atoms with Gasteiger partial charge in [-0.1, -0.05) is 18.2 Å². The highest BCUT2D eigenvalue weighted by atomic mass is 16.2. The van der Waals surface area contributed by atoms with Crippen molar-refractivity contribution < 1.29 is 4.79 Å². The third-order valence-corrected chi connectivity index (χ3v) is 3.71. The summed E-state index contributed by atoms with van der Waals surface area (Å²) in [5.41, 5.74) is 8.17. The SMILES string of the molecule is N[C@@H](Cc1c[nH]c2ccccc12)C(=O)NCC1CC1. The van der Waals surface area contributed by atoms with Crippen LogP contribution in [-0.2, 0) is 11.2 Å². The summed E-state index contributed by atoms with van der Waals surface area (Å²) >= 11 is 0. The summed E-state index contributed by atoms with van der Waals surface area (Å²) in [7, 11) is 0. The number of para-hydroxylation sites is 1. The van der Waals surface area contributed by atoms with Gasteiger partial charge in [0.15, 0.2) is 0 Å². The lowest BCUT2D eigenvalue weighted by Crippen LogP contribution is -2.42. The molecule has 0 aliphatic heterocycles. The van der Waals surface area contributed by atoms with Gasteiger partial charge in [0.25, 0.3) is 0 Å². The third kappa shape index (κ3) is 2.79. The summed E-state index contributed by atoms with van der Waals surface area (Å²) in [6.45, 7) is 0.778. The summed E-state index contributed by atoms with van der Waals surface area (Å²) in [4.78, 5) is 15.1. The van der Waals surface area contributed by atoms with Gasteiger partial charge in [-0.3, -0.25) is 4.79 Å². The van der Waals surface area contributed by atoms with Gasteiger partial charge in [0, 0.05) is 23.6 Å². The molecule has 4 N–H and O–H groups in total. The summed E-state index contributed by atoms with van der Waals surface area (Å²) in [5.74, 6) is 0.640. The Balaban J connectivity index is 1.64. The predicted octanol–water partition coefficient (Wildman–Crippen LogP) is 1.56. The Morgan fingerprint density at radius 1 is 1.42 bits per heavy atom. The molecule has 1 saturated carbocycles. The minimum Gasteiger partial charge on any atom is -0.361 e. The first kappa shape index (κ1) is 12.2. The number of rotatable bonds is 5. The highest BCUT2D eigenvalue weighted by Crippen LogP contribution is 2.27. The number of nitrogens with two attached hydrogens (primary N) is 1. The molecular formula is C15H19N3O.